The van der Waals surface area contributed by atoms with Gasteiger partial charge in [0.05, 0.1) is 35.3 Å². The molecule has 0 aliphatic carbocycles. The van der Waals surface area contributed by atoms with Crippen molar-refractivity contribution in [1.82, 2.24) is 9.71 Å². The lowest BCUT2D eigenvalue weighted by molar-refractivity contribution is -0.137. The standard InChI is InChI=1S/C17H17F3N2O5S/c18-17(19,20)13-3-1-2-11(8-13)15(24)6-7-28(26,27)22-16(25)12-4-5-14(10-23)21-9-12/h1-5,8-9,15,23-24H,6-7,10H2,(H,22,25). The van der Waals surface area contributed by atoms with E-state index in [1.54, 1.807) is 4.72 Å². The monoisotopic (exact) mass is 418 g/mol. The number of hydrogen-bond acceptors (Lipinski definition) is 6. The molecule has 1 unspecified atom stereocenters. The molecule has 0 aliphatic rings. The first-order valence-electron chi connectivity index (χ1n) is 7.97. The van der Waals surface area contributed by atoms with Gasteiger partial charge in [0, 0.05) is 6.20 Å². The van der Waals surface area contributed by atoms with Gasteiger partial charge < -0.3 is 10.2 Å². The number of carbonyl (C=O) groups excluding carboxylic acids is 1. The molecule has 7 nitrogen and oxygen atoms in total. The van der Waals surface area contributed by atoms with Gasteiger partial charge in [0.25, 0.3) is 5.91 Å². The van der Waals surface area contributed by atoms with E-state index in [9.17, 15) is 31.5 Å². The number of alkyl halides is 3. The Labute approximate surface area is 158 Å². The van der Waals surface area contributed by atoms with Crippen LogP contribution >= 0.6 is 0 Å². The summed E-state index contributed by atoms with van der Waals surface area (Å²) < 4.78 is 64.0. The lowest BCUT2D eigenvalue weighted by Gasteiger charge is -2.14. The van der Waals surface area contributed by atoms with Crippen LogP contribution in [0.5, 0.6) is 0 Å². The maximum Gasteiger partial charge on any atom is 0.416 e. The summed E-state index contributed by atoms with van der Waals surface area (Å²) in [7, 11) is -4.15. The molecule has 2 rings (SSSR count). The van der Waals surface area contributed by atoms with E-state index < -0.39 is 45.9 Å². The molecular weight excluding hydrogens is 401 g/mol. The van der Waals surface area contributed by atoms with Crippen molar-refractivity contribution in [3.63, 3.8) is 0 Å². The number of aliphatic hydroxyl groups is 2. The summed E-state index contributed by atoms with van der Waals surface area (Å²) in [6, 6.07) is 6.56. The van der Waals surface area contributed by atoms with E-state index in [2.05, 4.69) is 4.98 Å². The van der Waals surface area contributed by atoms with Gasteiger partial charge in [0.1, 0.15) is 0 Å². The molecular formula is C17H17F3N2O5S. The molecule has 152 valence electrons. The molecule has 0 fully saturated rings. The van der Waals surface area contributed by atoms with E-state index in [0.717, 1.165) is 24.4 Å². The average molecular weight is 418 g/mol. The highest BCUT2D eigenvalue weighted by Gasteiger charge is 2.31. The molecule has 0 radical (unpaired) electrons. The number of aromatic nitrogens is 1. The predicted octanol–water partition coefficient (Wildman–Crippen LogP) is 1.78. The van der Waals surface area contributed by atoms with Gasteiger partial charge in [-0.2, -0.15) is 13.2 Å². The zero-order valence-electron chi connectivity index (χ0n) is 14.3. The summed E-state index contributed by atoms with van der Waals surface area (Å²) in [6.45, 7) is -0.340. The number of nitrogens with one attached hydrogen (secondary N) is 1. The molecule has 1 amide bonds. The van der Waals surface area contributed by atoms with Crippen molar-refractivity contribution in [3.05, 3.63) is 65.0 Å². The third-order valence-corrected chi connectivity index (χ3v) is 5.03. The lowest BCUT2D eigenvalue weighted by Crippen LogP contribution is -2.33. The molecule has 0 saturated carbocycles. The van der Waals surface area contributed by atoms with E-state index in [1.807, 2.05) is 0 Å². The largest absolute Gasteiger partial charge is 0.416 e. The molecule has 2 aromatic rings. The normalized spacial score (nSPS) is 13.2. The molecule has 1 atom stereocenters. The SMILES string of the molecule is O=C(NS(=O)(=O)CCC(O)c1cccc(C(F)(F)F)c1)c1ccc(CO)nc1. The molecule has 0 bridgehead atoms. The third kappa shape index (κ3) is 6.01. The van der Waals surface area contributed by atoms with Crippen molar-refractivity contribution < 1.29 is 36.6 Å². The Morgan fingerprint density at radius 1 is 1.21 bits per heavy atom. The first kappa shape index (κ1) is 21.8. The second-order valence-electron chi connectivity index (χ2n) is 5.87. The Hall–Kier alpha value is -2.50. The smallest absolute Gasteiger partial charge is 0.390 e. The number of pyridine rings is 1. The van der Waals surface area contributed by atoms with Gasteiger partial charge in [-0.1, -0.05) is 12.1 Å². The molecule has 11 heteroatoms. The number of benzene rings is 1. The van der Waals surface area contributed by atoms with Gasteiger partial charge in [-0.15, -0.1) is 0 Å². The van der Waals surface area contributed by atoms with Gasteiger partial charge in [0.2, 0.25) is 10.0 Å². The highest BCUT2D eigenvalue weighted by Crippen LogP contribution is 2.31. The fourth-order valence-corrected chi connectivity index (χ4v) is 3.30. The number of sulfonamides is 1. The van der Waals surface area contributed by atoms with Gasteiger partial charge in [0.15, 0.2) is 0 Å². The molecule has 0 spiro atoms. The van der Waals surface area contributed by atoms with Crippen molar-refractivity contribution in [2.45, 2.75) is 25.3 Å². The van der Waals surface area contributed by atoms with Crippen LogP contribution in [0.3, 0.4) is 0 Å². The van der Waals surface area contributed by atoms with Crippen LogP contribution in [-0.2, 0) is 22.8 Å². The zero-order valence-corrected chi connectivity index (χ0v) is 15.2. The number of nitrogens with zero attached hydrogens (tertiary/aromatic N) is 1. The van der Waals surface area contributed by atoms with Crippen LogP contribution in [0.25, 0.3) is 0 Å². The second-order valence-corrected chi connectivity index (χ2v) is 7.72. The third-order valence-electron chi connectivity index (χ3n) is 3.76. The van der Waals surface area contributed by atoms with Gasteiger partial charge in [-0.3, -0.25) is 9.78 Å². The van der Waals surface area contributed by atoms with Crippen molar-refractivity contribution in [2.24, 2.45) is 0 Å². The first-order chi connectivity index (χ1) is 13.0. The number of amides is 1. The minimum absolute atomic E-state index is 0.0563. The minimum Gasteiger partial charge on any atom is -0.390 e. The van der Waals surface area contributed by atoms with Crippen LogP contribution in [-0.4, -0.2) is 35.3 Å². The number of hydrogen-bond donors (Lipinski definition) is 3. The molecule has 0 saturated heterocycles. The Morgan fingerprint density at radius 3 is 2.50 bits per heavy atom. The maximum atomic E-state index is 12.7. The lowest BCUT2D eigenvalue weighted by atomic mass is 10.0. The summed E-state index contributed by atoms with van der Waals surface area (Å²) in [4.78, 5) is 15.7. The second kappa shape index (κ2) is 8.67. The zero-order chi connectivity index (χ0) is 20.9. The maximum absolute atomic E-state index is 12.7. The molecule has 1 heterocycles. The molecule has 28 heavy (non-hydrogen) atoms. The Bertz CT molecular complexity index is 931. The highest BCUT2D eigenvalue weighted by atomic mass is 32.2. The predicted molar refractivity (Wildman–Crippen MR) is 92.4 cm³/mol. The summed E-state index contributed by atoms with van der Waals surface area (Å²) >= 11 is 0. The van der Waals surface area contributed by atoms with Gasteiger partial charge in [-0.25, -0.2) is 13.1 Å². The van der Waals surface area contributed by atoms with Crippen LogP contribution in [0.15, 0.2) is 42.6 Å². The van der Waals surface area contributed by atoms with Crippen LogP contribution < -0.4 is 4.72 Å². The molecule has 1 aromatic carbocycles. The Balaban J connectivity index is 1.99. The number of carbonyl (C=O) groups is 1. The molecule has 0 aliphatic heterocycles. The van der Waals surface area contributed by atoms with E-state index in [4.69, 9.17) is 5.11 Å². The minimum atomic E-state index is -4.59. The van der Waals surface area contributed by atoms with Crippen LogP contribution in [0, 0.1) is 0 Å². The summed E-state index contributed by atoms with van der Waals surface area (Å²) in [5.41, 5.74) is -0.804. The number of halogens is 3. The van der Waals surface area contributed by atoms with Crippen molar-refractivity contribution in [1.29, 1.82) is 0 Å². The van der Waals surface area contributed by atoms with Gasteiger partial charge >= 0.3 is 6.18 Å². The molecule has 3 N–H and O–H groups in total. The Morgan fingerprint density at radius 2 is 1.93 bits per heavy atom. The number of rotatable bonds is 7. The van der Waals surface area contributed by atoms with Crippen LogP contribution in [0.2, 0.25) is 0 Å². The first-order valence-corrected chi connectivity index (χ1v) is 9.63. The quantitative estimate of drug-likeness (QED) is 0.631. The summed E-state index contributed by atoms with van der Waals surface area (Å²) in [5, 5.41) is 18.9. The summed E-state index contributed by atoms with van der Waals surface area (Å²) in [5.74, 6) is -1.64. The van der Waals surface area contributed by atoms with Crippen LogP contribution in [0.4, 0.5) is 13.2 Å². The van der Waals surface area contributed by atoms with Gasteiger partial charge in [-0.05, 0) is 36.2 Å². The highest BCUT2D eigenvalue weighted by molar-refractivity contribution is 7.90. The van der Waals surface area contributed by atoms with E-state index >= 15 is 0 Å². The van der Waals surface area contributed by atoms with Crippen LogP contribution in [0.1, 0.15) is 39.7 Å². The van der Waals surface area contributed by atoms with E-state index in [0.29, 0.717) is 5.69 Å². The number of aliphatic hydroxyl groups excluding tert-OH is 2. The van der Waals surface area contributed by atoms with E-state index in [1.165, 1.54) is 18.2 Å². The van der Waals surface area contributed by atoms with Crippen molar-refractivity contribution in [2.75, 3.05) is 5.75 Å². The van der Waals surface area contributed by atoms with E-state index in [-0.39, 0.29) is 17.7 Å². The topological polar surface area (TPSA) is 117 Å². The summed E-state index contributed by atoms with van der Waals surface area (Å²) in [6.07, 6.45) is -5.37. The van der Waals surface area contributed by atoms with Crippen molar-refractivity contribution in [3.8, 4) is 0 Å². The van der Waals surface area contributed by atoms with Crippen molar-refractivity contribution >= 4 is 15.9 Å². The fraction of sp³-hybridized carbons (Fsp3) is 0.294. The molecule has 1 aromatic heterocycles. The average Bonchev–Trinajstić information content (AvgIpc) is 2.65. The fourth-order valence-electron chi connectivity index (χ4n) is 2.26. The Kier molecular flexibility index (Phi) is 6.75.